The Morgan fingerprint density at radius 2 is 2.06 bits per heavy atom. The van der Waals surface area contributed by atoms with Gasteiger partial charge in [-0.1, -0.05) is 13.0 Å². The van der Waals surface area contributed by atoms with E-state index in [9.17, 15) is 10.1 Å². The number of nitro groups is 1. The summed E-state index contributed by atoms with van der Waals surface area (Å²) in [4.78, 5) is 14.5. The minimum absolute atomic E-state index is 0.0173. The second kappa shape index (κ2) is 8.93. The predicted octanol–water partition coefficient (Wildman–Crippen LogP) is 4.92. The number of methoxy groups -OCH3 is 1. The lowest BCUT2D eigenvalue weighted by molar-refractivity contribution is -0.385. The fourth-order valence-corrected chi connectivity index (χ4v) is 7.06. The van der Waals surface area contributed by atoms with Crippen LogP contribution in [0.1, 0.15) is 56.1 Å². The van der Waals surface area contributed by atoms with Gasteiger partial charge in [-0.15, -0.1) is 0 Å². The van der Waals surface area contributed by atoms with Gasteiger partial charge < -0.3 is 15.4 Å². The molecule has 1 aromatic heterocycles. The monoisotopic (exact) mass is 450 g/mol. The van der Waals surface area contributed by atoms with E-state index in [2.05, 4.69) is 40.7 Å². The standard InChI is InChI=1S/C26H34N4O3/c1-26-12-11-21-20-7-5-19(33-2)15-17(20)3-6-22(21)23(26)8-9-24(26)27-13-14-28-25-10-4-18(16-29-25)30(31)32/h4-5,7,10,15-16,21-24,27H,3,6,8-9,11-14H2,1-2H3,(H,28,29)/t21-,22-,23+,24+,26+/m1/s1. The van der Waals surface area contributed by atoms with E-state index in [0.29, 0.717) is 23.2 Å². The Hall–Kier alpha value is -2.67. The number of hydrogen-bond acceptors (Lipinski definition) is 6. The lowest BCUT2D eigenvalue weighted by Crippen LogP contribution is -2.49. The summed E-state index contributed by atoms with van der Waals surface area (Å²) < 4.78 is 5.46. The second-order valence-corrected chi connectivity index (χ2v) is 10.2. The molecule has 5 rings (SSSR count). The van der Waals surface area contributed by atoms with Crippen LogP contribution in [0, 0.1) is 27.4 Å². The fourth-order valence-electron chi connectivity index (χ4n) is 7.06. The first-order valence-electron chi connectivity index (χ1n) is 12.2. The number of benzene rings is 1. The minimum Gasteiger partial charge on any atom is -0.497 e. The number of nitrogens with one attached hydrogen (secondary N) is 2. The number of pyridine rings is 1. The Balaban J connectivity index is 1.18. The fraction of sp³-hybridized carbons (Fsp3) is 0.577. The highest BCUT2D eigenvalue weighted by molar-refractivity contribution is 5.41. The number of aryl methyl sites for hydroxylation is 1. The third-order valence-corrected chi connectivity index (χ3v) is 8.71. The van der Waals surface area contributed by atoms with E-state index in [-0.39, 0.29) is 5.69 Å². The molecule has 1 heterocycles. The van der Waals surface area contributed by atoms with Gasteiger partial charge in [0, 0.05) is 25.2 Å². The maximum atomic E-state index is 10.8. The number of fused-ring (bicyclic) bond motifs is 5. The largest absolute Gasteiger partial charge is 0.497 e. The van der Waals surface area contributed by atoms with Crippen LogP contribution in [0.15, 0.2) is 36.5 Å². The molecule has 7 heteroatoms. The molecule has 1 aromatic carbocycles. The molecule has 2 fully saturated rings. The van der Waals surface area contributed by atoms with Crippen molar-refractivity contribution in [1.29, 1.82) is 0 Å². The molecular weight excluding hydrogens is 416 g/mol. The summed E-state index contributed by atoms with van der Waals surface area (Å²) in [5, 5.41) is 17.9. The number of anilines is 1. The lowest BCUT2D eigenvalue weighted by Gasteiger charge is -2.51. The van der Waals surface area contributed by atoms with Crippen LogP contribution in [-0.4, -0.2) is 36.1 Å². The van der Waals surface area contributed by atoms with Gasteiger partial charge in [0.25, 0.3) is 5.69 Å². The minimum atomic E-state index is -0.425. The zero-order valence-corrected chi connectivity index (χ0v) is 19.5. The van der Waals surface area contributed by atoms with E-state index >= 15 is 0 Å². The molecule has 0 aliphatic heterocycles. The van der Waals surface area contributed by atoms with Crippen molar-refractivity contribution < 1.29 is 9.66 Å². The Morgan fingerprint density at radius 1 is 1.18 bits per heavy atom. The number of aromatic nitrogens is 1. The average molecular weight is 451 g/mol. The van der Waals surface area contributed by atoms with Crippen LogP contribution >= 0.6 is 0 Å². The molecule has 5 atom stereocenters. The number of rotatable bonds is 7. The van der Waals surface area contributed by atoms with E-state index in [1.807, 2.05) is 0 Å². The first-order chi connectivity index (χ1) is 16.0. The molecule has 0 amide bonds. The van der Waals surface area contributed by atoms with Crippen LogP contribution in [0.5, 0.6) is 5.75 Å². The van der Waals surface area contributed by atoms with Crippen LogP contribution in [-0.2, 0) is 6.42 Å². The van der Waals surface area contributed by atoms with Crippen molar-refractivity contribution in [2.75, 3.05) is 25.5 Å². The van der Waals surface area contributed by atoms with Crippen LogP contribution in [0.4, 0.5) is 11.5 Å². The summed E-state index contributed by atoms with van der Waals surface area (Å²) in [6.45, 7) is 4.14. The van der Waals surface area contributed by atoms with Gasteiger partial charge in [0.2, 0.25) is 0 Å². The van der Waals surface area contributed by atoms with Crippen LogP contribution in [0.25, 0.3) is 0 Å². The molecule has 3 aliphatic rings. The van der Waals surface area contributed by atoms with Gasteiger partial charge in [0.1, 0.15) is 17.8 Å². The number of hydrogen-bond donors (Lipinski definition) is 2. The van der Waals surface area contributed by atoms with Gasteiger partial charge in [-0.3, -0.25) is 10.1 Å². The van der Waals surface area contributed by atoms with E-state index in [0.717, 1.165) is 30.7 Å². The highest BCUT2D eigenvalue weighted by Crippen LogP contribution is 2.60. The van der Waals surface area contributed by atoms with E-state index in [1.54, 1.807) is 18.7 Å². The normalized spacial score (nSPS) is 30.1. The number of ether oxygens (including phenoxy) is 1. The third-order valence-electron chi connectivity index (χ3n) is 8.71. The summed E-state index contributed by atoms with van der Waals surface area (Å²) in [5.74, 6) is 3.94. The molecule has 33 heavy (non-hydrogen) atoms. The topological polar surface area (TPSA) is 89.3 Å². The van der Waals surface area contributed by atoms with Gasteiger partial charge in [0.15, 0.2) is 0 Å². The molecular formula is C26H34N4O3. The van der Waals surface area contributed by atoms with Crippen LogP contribution < -0.4 is 15.4 Å². The molecule has 0 bridgehead atoms. The van der Waals surface area contributed by atoms with E-state index in [1.165, 1.54) is 56.4 Å². The quantitative estimate of drug-likeness (QED) is 0.353. The van der Waals surface area contributed by atoms with Crippen molar-refractivity contribution in [3.8, 4) is 5.75 Å². The predicted molar refractivity (Wildman–Crippen MR) is 129 cm³/mol. The zero-order chi connectivity index (χ0) is 23.0. The first-order valence-corrected chi connectivity index (χ1v) is 12.2. The highest BCUT2D eigenvalue weighted by atomic mass is 16.6. The molecule has 2 aromatic rings. The summed E-state index contributed by atoms with van der Waals surface area (Å²) in [5.41, 5.74) is 3.45. The van der Waals surface area contributed by atoms with Crippen molar-refractivity contribution in [3.05, 3.63) is 57.8 Å². The Bertz CT molecular complexity index is 1010. The summed E-state index contributed by atoms with van der Waals surface area (Å²) >= 11 is 0. The molecule has 2 N–H and O–H groups in total. The van der Waals surface area contributed by atoms with Gasteiger partial charge in [-0.25, -0.2) is 4.98 Å². The van der Waals surface area contributed by atoms with Crippen LogP contribution in [0.3, 0.4) is 0 Å². The van der Waals surface area contributed by atoms with Gasteiger partial charge in [0.05, 0.1) is 12.0 Å². The summed E-state index contributed by atoms with van der Waals surface area (Å²) in [6.07, 6.45) is 8.89. The van der Waals surface area contributed by atoms with Crippen molar-refractivity contribution in [2.24, 2.45) is 17.3 Å². The van der Waals surface area contributed by atoms with Crippen molar-refractivity contribution in [1.82, 2.24) is 10.3 Å². The average Bonchev–Trinajstić information content (AvgIpc) is 3.17. The van der Waals surface area contributed by atoms with Gasteiger partial charge >= 0.3 is 0 Å². The SMILES string of the molecule is COc1ccc2c(c1)CC[C@@H]1[C@@H]2CC[C@]2(C)[C@@H](NCCNc3ccc([N+](=O)[O-])cn3)CC[C@@H]12. The molecule has 0 unspecified atom stereocenters. The van der Waals surface area contributed by atoms with Crippen molar-refractivity contribution in [3.63, 3.8) is 0 Å². The Kier molecular flexibility index (Phi) is 5.99. The summed E-state index contributed by atoms with van der Waals surface area (Å²) in [6, 6.07) is 10.4. The van der Waals surface area contributed by atoms with E-state index < -0.39 is 4.92 Å². The maximum Gasteiger partial charge on any atom is 0.287 e. The van der Waals surface area contributed by atoms with E-state index in [4.69, 9.17) is 4.74 Å². The third kappa shape index (κ3) is 4.07. The van der Waals surface area contributed by atoms with Crippen molar-refractivity contribution >= 4 is 11.5 Å². The van der Waals surface area contributed by atoms with Crippen molar-refractivity contribution in [2.45, 2.75) is 57.4 Å². The second-order valence-electron chi connectivity index (χ2n) is 10.2. The first kappa shape index (κ1) is 22.1. The highest BCUT2D eigenvalue weighted by Gasteiger charge is 2.54. The maximum absolute atomic E-state index is 10.8. The van der Waals surface area contributed by atoms with Gasteiger partial charge in [-0.05, 0) is 91.0 Å². The zero-order valence-electron chi connectivity index (χ0n) is 19.5. The Labute approximate surface area is 195 Å². The molecule has 2 saturated carbocycles. The molecule has 0 radical (unpaired) electrons. The molecule has 7 nitrogen and oxygen atoms in total. The number of nitrogens with zero attached hydrogens (tertiary/aromatic N) is 2. The molecule has 3 aliphatic carbocycles. The molecule has 176 valence electrons. The van der Waals surface area contributed by atoms with Gasteiger partial charge in [-0.2, -0.15) is 0 Å². The Morgan fingerprint density at radius 3 is 2.82 bits per heavy atom. The smallest absolute Gasteiger partial charge is 0.287 e. The molecule has 0 saturated heterocycles. The summed E-state index contributed by atoms with van der Waals surface area (Å²) in [7, 11) is 1.75. The van der Waals surface area contributed by atoms with Crippen LogP contribution in [0.2, 0.25) is 0 Å². The molecule has 0 spiro atoms. The lowest BCUT2D eigenvalue weighted by atomic mass is 9.55.